The number of carbonyl (C=O) groups excluding carboxylic acids is 1. The monoisotopic (exact) mass is 301 g/mol. The van der Waals surface area contributed by atoms with E-state index in [-0.39, 0.29) is 17.1 Å². The van der Waals surface area contributed by atoms with Crippen LogP contribution in [0.25, 0.3) is 0 Å². The lowest BCUT2D eigenvalue weighted by atomic mass is 9.54. The van der Waals surface area contributed by atoms with Crippen LogP contribution in [0.4, 0.5) is 0 Å². The Hall–Kier alpha value is -1.55. The van der Waals surface area contributed by atoms with Crippen molar-refractivity contribution in [2.24, 2.45) is 11.3 Å². The van der Waals surface area contributed by atoms with Gasteiger partial charge in [-0.1, -0.05) is 25.0 Å². The number of aromatic hydroxyl groups is 1. The molecule has 2 aliphatic carbocycles. The number of carbonyl (C=O) groups is 1. The van der Waals surface area contributed by atoms with E-state index in [2.05, 4.69) is 5.32 Å². The number of hydrogen-bond donors (Lipinski definition) is 2. The first-order valence-corrected chi connectivity index (χ1v) is 8.38. The van der Waals surface area contributed by atoms with Gasteiger partial charge in [0.1, 0.15) is 5.75 Å². The minimum absolute atomic E-state index is 0.0901. The van der Waals surface area contributed by atoms with Crippen LogP contribution < -0.4 is 5.32 Å². The zero-order chi connectivity index (χ0) is 15.2. The van der Waals surface area contributed by atoms with E-state index in [0.29, 0.717) is 24.5 Å². The van der Waals surface area contributed by atoms with Gasteiger partial charge in [0.2, 0.25) is 5.91 Å². The van der Waals surface area contributed by atoms with Crippen molar-refractivity contribution in [2.45, 2.75) is 50.7 Å². The van der Waals surface area contributed by atoms with E-state index in [1.54, 1.807) is 12.1 Å². The van der Waals surface area contributed by atoms with E-state index in [1.165, 1.54) is 25.7 Å². The van der Waals surface area contributed by atoms with E-state index in [9.17, 15) is 9.90 Å². The number of phenolic OH excluding ortho intramolecular Hbond substituents is 1. The Morgan fingerprint density at radius 2 is 2.00 bits per heavy atom. The van der Waals surface area contributed by atoms with Crippen molar-refractivity contribution in [3.63, 3.8) is 0 Å². The second-order valence-electron chi connectivity index (χ2n) is 7.07. The van der Waals surface area contributed by atoms with Crippen molar-refractivity contribution in [3.05, 3.63) is 29.8 Å². The summed E-state index contributed by atoms with van der Waals surface area (Å²) < 4.78 is 5.95. The average Bonchev–Trinajstić information content (AvgIpc) is 3.15. The Balaban J connectivity index is 1.43. The van der Waals surface area contributed by atoms with Gasteiger partial charge in [0, 0.05) is 24.0 Å². The van der Waals surface area contributed by atoms with Gasteiger partial charge in [0.05, 0.1) is 12.5 Å². The fourth-order valence-electron chi connectivity index (χ4n) is 4.93. The molecule has 118 valence electrons. The fourth-order valence-corrected chi connectivity index (χ4v) is 4.93. The van der Waals surface area contributed by atoms with Crippen LogP contribution in [0, 0.1) is 11.3 Å². The summed E-state index contributed by atoms with van der Waals surface area (Å²) in [7, 11) is 0. The molecule has 1 spiro atoms. The third-order valence-electron chi connectivity index (χ3n) is 5.90. The molecule has 1 heterocycles. The quantitative estimate of drug-likeness (QED) is 0.901. The Labute approximate surface area is 130 Å². The second-order valence-corrected chi connectivity index (χ2v) is 7.07. The van der Waals surface area contributed by atoms with Crippen molar-refractivity contribution in [3.8, 4) is 5.75 Å². The smallest absolute Gasteiger partial charge is 0.224 e. The molecular formula is C18H23NO3. The van der Waals surface area contributed by atoms with Gasteiger partial charge >= 0.3 is 0 Å². The molecule has 2 saturated carbocycles. The maximum absolute atomic E-state index is 12.4. The Bertz CT molecular complexity index is 562. The SMILES string of the molecule is O=C(Cc1ccc(O)cc1)NC1C2CCOC2C12CCCC2. The lowest BCUT2D eigenvalue weighted by molar-refractivity contribution is -0.145. The van der Waals surface area contributed by atoms with Crippen LogP contribution in [-0.4, -0.2) is 29.8 Å². The Kier molecular flexibility index (Phi) is 3.37. The van der Waals surface area contributed by atoms with Gasteiger partial charge in [0.25, 0.3) is 0 Å². The number of phenols is 1. The molecule has 3 aliphatic rings. The summed E-state index contributed by atoms with van der Waals surface area (Å²) in [5.41, 5.74) is 1.15. The number of fused-ring (bicyclic) bond motifs is 2. The number of nitrogens with one attached hydrogen (secondary N) is 1. The fraction of sp³-hybridized carbons (Fsp3) is 0.611. The van der Waals surface area contributed by atoms with Gasteiger partial charge in [-0.2, -0.15) is 0 Å². The average molecular weight is 301 g/mol. The molecular weight excluding hydrogens is 278 g/mol. The van der Waals surface area contributed by atoms with Gasteiger partial charge in [0.15, 0.2) is 0 Å². The van der Waals surface area contributed by atoms with Crippen molar-refractivity contribution in [2.75, 3.05) is 6.61 Å². The minimum atomic E-state index is 0.0901. The molecule has 3 atom stereocenters. The summed E-state index contributed by atoms with van der Waals surface area (Å²) in [6.07, 6.45) is 6.75. The topological polar surface area (TPSA) is 58.6 Å². The molecule has 4 heteroatoms. The standard InChI is InChI=1S/C18H23NO3/c20-13-5-3-12(4-6-13)11-15(21)19-16-14-7-10-22-17(14)18(16)8-1-2-9-18/h3-6,14,16-17,20H,1-2,7-11H2,(H,19,21). The summed E-state index contributed by atoms with van der Waals surface area (Å²) in [6, 6.07) is 7.17. The first-order valence-electron chi connectivity index (χ1n) is 8.38. The van der Waals surface area contributed by atoms with Crippen LogP contribution in [0.1, 0.15) is 37.7 Å². The summed E-state index contributed by atoms with van der Waals surface area (Å²) in [5, 5.41) is 12.6. The number of rotatable bonds is 3. The van der Waals surface area contributed by atoms with Gasteiger partial charge in [-0.25, -0.2) is 0 Å². The molecule has 1 amide bonds. The van der Waals surface area contributed by atoms with Crippen molar-refractivity contribution >= 4 is 5.91 Å². The molecule has 0 radical (unpaired) electrons. The molecule has 1 aliphatic heterocycles. The summed E-state index contributed by atoms with van der Waals surface area (Å²) >= 11 is 0. The van der Waals surface area contributed by atoms with E-state index >= 15 is 0 Å². The van der Waals surface area contributed by atoms with Crippen molar-refractivity contribution in [1.29, 1.82) is 0 Å². The Morgan fingerprint density at radius 3 is 2.73 bits per heavy atom. The molecule has 4 nitrogen and oxygen atoms in total. The summed E-state index contributed by atoms with van der Waals surface area (Å²) in [6.45, 7) is 0.849. The first kappa shape index (κ1) is 14.1. The van der Waals surface area contributed by atoms with Crippen LogP contribution in [0.15, 0.2) is 24.3 Å². The molecule has 22 heavy (non-hydrogen) atoms. The van der Waals surface area contributed by atoms with Crippen LogP contribution in [-0.2, 0) is 16.0 Å². The highest BCUT2D eigenvalue weighted by atomic mass is 16.5. The van der Waals surface area contributed by atoms with Crippen LogP contribution >= 0.6 is 0 Å². The highest BCUT2D eigenvalue weighted by molar-refractivity contribution is 5.79. The van der Waals surface area contributed by atoms with Crippen molar-refractivity contribution < 1.29 is 14.6 Å². The predicted octanol–water partition coefficient (Wildman–Crippen LogP) is 2.40. The summed E-state index contributed by atoms with van der Waals surface area (Å²) in [5.74, 6) is 0.841. The van der Waals surface area contributed by atoms with Crippen molar-refractivity contribution in [1.82, 2.24) is 5.32 Å². The lowest BCUT2D eigenvalue weighted by Gasteiger charge is -2.56. The molecule has 4 rings (SSSR count). The van der Waals surface area contributed by atoms with Crippen LogP contribution in [0.3, 0.4) is 0 Å². The van der Waals surface area contributed by atoms with Crippen LogP contribution in [0.2, 0.25) is 0 Å². The van der Waals surface area contributed by atoms with E-state index in [4.69, 9.17) is 4.74 Å². The number of benzene rings is 1. The van der Waals surface area contributed by atoms with E-state index in [1.807, 2.05) is 12.1 Å². The lowest BCUT2D eigenvalue weighted by Crippen LogP contribution is -2.68. The number of amides is 1. The Morgan fingerprint density at radius 1 is 1.27 bits per heavy atom. The third-order valence-corrected chi connectivity index (χ3v) is 5.90. The van der Waals surface area contributed by atoms with E-state index in [0.717, 1.165) is 18.6 Å². The van der Waals surface area contributed by atoms with Crippen LogP contribution in [0.5, 0.6) is 5.75 Å². The number of hydrogen-bond acceptors (Lipinski definition) is 3. The highest BCUT2D eigenvalue weighted by Gasteiger charge is 2.65. The second kappa shape index (κ2) is 5.27. The zero-order valence-corrected chi connectivity index (χ0v) is 12.8. The maximum atomic E-state index is 12.4. The maximum Gasteiger partial charge on any atom is 0.224 e. The van der Waals surface area contributed by atoms with Gasteiger partial charge < -0.3 is 15.2 Å². The molecule has 1 saturated heterocycles. The minimum Gasteiger partial charge on any atom is -0.508 e. The highest BCUT2D eigenvalue weighted by Crippen LogP contribution is 2.60. The van der Waals surface area contributed by atoms with Gasteiger partial charge in [-0.15, -0.1) is 0 Å². The molecule has 1 aromatic carbocycles. The number of ether oxygens (including phenoxy) is 1. The normalized spacial score (nSPS) is 31.7. The summed E-state index contributed by atoms with van der Waals surface area (Å²) in [4.78, 5) is 12.4. The van der Waals surface area contributed by atoms with Gasteiger partial charge in [-0.3, -0.25) is 4.79 Å². The molecule has 0 aromatic heterocycles. The van der Waals surface area contributed by atoms with E-state index < -0.39 is 0 Å². The molecule has 2 N–H and O–H groups in total. The largest absolute Gasteiger partial charge is 0.508 e. The third kappa shape index (κ3) is 2.12. The van der Waals surface area contributed by atoms with Gasteiger partial charge in [-0.05, 0) is 37.0 Å². The molecule has 3 unspecified atom stereocenters. The molecule has 1 aromatic rings. The molecule has 3 fully saturated rings. The molecule has 0 bridgehead atoms. The zero-order valence-electron chi connectivity index (χ0n) is 12.8. The first-order chi connectivity index (χ1) is 10.7. The predicted molar refractivity (Wildman–Crippen MR) is 82.5 cm³/mol.